The second-order valence-electron chi connectivity index (χ2n) is 5.19. The molecule has 1 fully saturated rings. The van der Waals surface area contributed by atoms with E-state index >= 15 is 0 Å². The van der Waals surface area contributed by atoms with Crippen LogP contribution in [0.2, 0.25) is 5.02 Å². The number of benzene rings is 1. The van der Waals surface area contributed by atoms with Crippen LogP contribution >= 0.6 is 11.6 Å². The van der Waals surface area contributed by atoms with Gasteiger partial charge in [-0.25, -0.2) is 17.5 Å². The number of hydrogen-bond acceptors (Lipinski definition) is 3. The van der Waals surface area contributed by atoms with Gasteiger partial charge in [-0.2, -0.15) is 0 Å². The maximum atomic E-state index is 13.0. The number of aliphatic carboxylic acids is 1. The average molecular weight is 336 g/mol. The number of halogens is 2. The first-order chi connectivity index (χ1) is 9.77. The fourth-order valence-electron chi connectivity index (χ4n) is 2.52. The van der Waals surface area contributed by atoms with Crippen molar-refractivity contribution in [1.82, 2.24) is 4.72 Å². The maximum absolute atomic E-state index is 13.0. The monoisotopic (exact) mass is 335 g/mol. The van der Waals surface area contributed by atoms with E-state index in [1.807, 2.05) is 0 Å². The number of carboxylic acids is 1. The summed E-state index contributed by atoms with van der Waals surface area (Å²) in [5.74, 6) is -1.65. The van der Waals surface area contributed by atoms with E-state index in [-0.39, 0.29) is 16.5 Å². The van der Waals surface area contributed by atoms with E-state index in [1.165, 1.54) is 0 Å². The summed E-state index contributed by atoms with van der Waals surface area (Å²) < 4.78 is 39.6. The summed E-state index contributed by atoms with van der Waals surface area (Å²) in [4.78, 5) is 11.1. The number of rotatable bonds is 5. The molecule has 0 heterocycles. The molecule has 0 aromatic heterocycles. The molecular weight excluding hydrogens is 321 g/mol. The quantitative estimate of drug-likeness (QED) is 0.865. The van der Waals surface area contributed by atoms with E-state index < -0.39 is 27.2 Å². The van der Waals surface area contributed by atoms with E-state index in [0.29, 0.717) is 12.8 Å². The Labute approximate surface area is 127 Å². The van der Waals surface area contributed by atoms with Crippen molar-refractivity contribution in [2.45, 2.75) is 30.6 Å². The number of hydrogen-bond donors (Lipinski definition) is 2. The number of carbonyl (C=O) groups is 1. The highest BCUT2D eigenvalue weighted by molar-refractivity contribution is 7.89. The molecule has 0 aliphatic heterocycles. The molecule has 0 bridgehead atoms. The molecule has 2 rings (SSSR count). The predicted molar refractivity (Wildman–Crippen MR) is 75.1 cm³/mol. The molecule has 0 unspecified atom stereocenters. The fraction of sp³-hybridized carbons (Fsp3) is 0.462. The Morgan fingerprint density at radius 1 is 1.38 bits per heavy atom. The first-order valence-corrected chi connectivity index (χ1v) is 8.31. The Hall–Kier alpha value is -1.18. The standard InChI is InChI=1S/C13H15ClFNO4S/c14-10-7-9(15)3-4-11(10)21(19,20)16-8-13(12(17)18)5-1-2-6-13/h3-4,7,16H,1-2,5-6,8H2,(H,17,18). The zero-order valence-corrected chi connectivity index (χ0v) is 12.7. The van der Waals surface area contributed by atoms with Crippen molar-refractivity contribution in [2.24, 2.45) is 5.41 Å². The van der Waals surface area contributed by atoms with Crippen molar-refractivity contribution in [2.75, 3.05) is 6.54 Å². The first-order valence-electron chi connectivity index (χ1n) is 6.45. The lowest BCUT2D eigenvalue weighted by molar-refractivity contribution is -0.148. The minimum atomic E-state index is -3.98. The Bertz CT molecular complexity index is 656. The van der Waals surface area contributed by atoms with Gasteiger partial charge in [-0.15, -0.1) is 0 Å². The zero-order chi connectivity index (χ0) is 15.7. The molecule has 1 saturated carbocycles. The van der Waals surface area contributed by atoms with Gasteiger partial charge in [-0.3, -0.25) is 4.79 Å². The minimum Gasteiger partial charge on any atom is -0.481 e. The largest absolute Gasteiger partial charge is 0.481 e. The van der Waals surface area contributed by atoms with Gasteiger partial charge in [-0.1, -0.05) is 24.4 Å². The summed E-state index contributed by atoms with van der Waals surface area (Å²) in [6.45, 7) is -0.196. The Kier molecular flexibility index (Phi) is 4.55. The Balaban J connectivity index is 2.20. The van der Waals surface area contributed by atoms with Crippen LogP contribution in [0.3, 0.4) is 0 Å². The molecule has 1 aliphatic carbocycles. The van der Waals surface area contributed by atoms with Gasteiger partial charge in [0.25, 0.3) is 0 Å². The first kappa shape index (κ1) is 16.2. The molecule has 0 spiro atoms. The third kappa shape index (κ3) is 3.36. The van der Waals surface area contributed by atoms with Gasteiger partial charge in [0, 0.05) is 6.54 Å². The van der Waals surface area contributed by atoms with Crippen molar-refractivity contribution in [1.29, 1.82) is 0 Å². The highest BCUT2D eigenvalue weighted by Crippen LogP contribution is 2.38. The van der Waals surface area contributed by atoms with Gasteiger partial charge in [0.15, 0.2) is 0 Å². The summed E-state index contributed by atoms with van der Waals surface area (Å²) in [6, 6.07) is 2.95. The smallest absolute Gasteiger partial charge is 0.310 e. The average Bonchev–Trinajstić information content (AvgIpc) is 2.86. The highest BCUT2D eigenvalue weighted by Gasteiger charge is 2.42. The van der Waals surface area contributed by atoms with Crippen LogP contribution in [0.15, 0.2) is 23.1 Å². The van der Waals surface area contributed by atoms with Crippen molar-refractivity contribution >= 4 is 27.6 Å². The lowest BCUT2D eigenvalue weighted by Gasteiger charge is -2.24. The van der Waals surface area contributed by atoms with Crippen LogP contribution in [0, 0.1) is 11.2 Å². The van der Waals surface area contributed by atoms with Crippen LogP contribution in [0.5, 0.6) is 0 Å². The topological polar surface area (TPSA) is 83.5 Å². The van der Waals surface area contributed by atoms with Gasteiger partial charge < -0.3 is 5.11 Å². The molecule has 8 heteroatoms. The van der Waals surface area contributed by atoms with Crippen LogP contribution in [-0.2, 0) is 14.8 Å². The summed E-state index contributed by atoms with van der Waals surface area (Å²) in [6.07, 6.45) is 2.38. The van der Waals surface area contributed by atoms with Crippen molar-refractivity contribution in [3.8, 4) is 0 Å². The summed E-state index contributed by atoms with van der Waals surface area (Å²) >= 11 is 5.73. The maximum Gasteiger partial charge on any atom is 0.310 e. The van der Waals surface area contributed by atoms with E-state index in [0.717, 1.165) is 31.0 Å². The lowest BCUT2D eigenvalue weighted by Crippen LogP contribution is -2.41. The van der Waals surface area contributed by atoms with E-state index in [4.69, 9.17) is 11.6 Å². The molecular formula is C13H15ClFNO4S. The molecule has 1 aromatic carbocycles. The molecule has 0 atom stereocenters. The van der Waals surface area contributed by atoms with Crippen LogP contribution in [0.1, 0.15) is 25.7 Å². The van der Waals surface area contributed by atoms with Gasteiger partial charge in [-0.05, 0) is 31.0 Å². The third-order valence-corrected chi connectivity index (χ3v) is 5.68. The molecule has 5 nitrogen and oxygen atoms in total. The fourth-order valence-corrected chi connectivity index (χ4v) is 4.18. The summed E-state index contributed by atoms with van der Waals surface area (Å²) in [5.41, 5.74) is -1.07. The van der Waals surface area contributed by atoms with Gasteiger partial charge in [0.05, 0.1) is 10.4 Å². The minimum absolute atomic E-state index is 0.196. The van der Waals surface area contributed by atoms with Gasteiger partial charge >= 0.3 is 5.97 Å². The Morgan fingerprint density at radius 3 is 2.52 bits per heavy atom. The predicted octanol–water partition coefficient (Wildman–Crippen LogP) is 2.40. The van der Waals surface area contributed by atoms with Crippen LogP contribution < -0.4 is 4.72 Å². The molecule has 0 amide bonds. The van der Waals surface area contributed by atoms with Gasteiger partial charge in [0.1, 0.15) is 10.7 Å². The van der Waals surface area contributed by atoms with Crippen LogP contribution in [-0.4, -0.2) is 26.0 Å². The van der Waals surface area contributed by atoms with Crippen LogP contribution in [0.4, 0.5) is 4.39 Å². The molecule has 0 saturated heterocycles. The molecule has 116 valence electrons. The molecule has 2 N–H and O–H groups in total. The van der Waals surface area contributed by atoms with E-state index in [1.54, 1.807) is 0 Å². The zero-order valence-electron chi connectivity index (χ0n) is 11.1. The lowest BCUT2D eigenvalue weighted by atomic mass is 9.87. The van der Waals surface area contributed by atoms with Crippen molar-refractivity contribution in [3.63, 3.8) is 0 Å². The number of nitrogens with one attached hydrogen (secondary N) is 1. The second-order valence-corrected chi connectivity index (χ2v) is 7.33. The van der Waals surface area contributed by atoms with Crippen molar-refractivity contribution in [3.05, 3.63) is 29.0 Å². The third-order valence-electron chi connectivity index (χ3n) is 3.80. The summed E-state index contributed by atoms with van der Waals surface area (Å²) in [7, 11) is -3.98. The molecule has 21 heavy (non-hydrogen) atoms. The summed E-state index contributed by atoms with van der Waals surface area (Å²) in [5, 5.41) is 9.07. The molecule has 1 aliphatic rings. The molecule has 0 radical (unpaired) electrons. The number of carboxylic acid groups (broad SMARTS) is 1. The SMILES string of the molecule is O=C(O)C1(CNS(=O)(=O)c2ccc(F)cc2Cl)CCCC1. The van der Waals surface area contributed by atoms with Crippen LogP contribution in [0.25, 0.3) is 0 Å². The van der Waals surface area contributed by atoms with Crippen molar-refractivity contribution < 1.29 is 22.7 Å². The second kappa shape index (κ2) is 5.90. The van der Waals surface area contributed by atoms with E-state index in [9.17, 15) is 22.7 Å². The molecule has 1 aromatic rings. The van der Waals surface area contributed by atoms with E-state index in [2.05, 4.69) is 4.72 Å². The highest BCUT2D eigenvalue weighted by atomic mass is 35.5. The Morgan fingerprint density at radius 2 is 2.00 bits per heavy atom. The number of sulfonamides is 1. The normalized spacial score (nSPS) is 17.8. The van der Waals surface area contributed by atoms with Gasteiger partial charge in [0.2, 0.25) is 10.0 Å².